The average Bonchev–Trinajstić information content (AvgIpc) is 2.95. The number of hydrogen-bond acceptors (Lipinski definition) is 5. The molecule has 0 amide bonds. The molecule has 1 aromatic heterocycles. The molecule has 0 bridgehead atoms. The van der Waals surface area contributed by atoms with Gasteiger partial charge in [0.1, 0.15) is 18.9 Å². The number of ether oxygens (including phenoxy) is 2. The smallest absolute Gasteiger partial charge is 0.181 e. The number of nitrogens with one attached hydrogen (secondary N) is 1. The summed E-state index contributed by atoms with van der Waals surface area (Å²) in [6.07, 6.45) is 2.58. The summed E-state index contributed by atoms with van der Waals surface area (Å²) < 4.78 is 16.6. The molecule has 1 N–H and O–H groups in total. The molecule has 0 atom stereocenters. The van der Waals surface area contributed by atoms with Crippen molar-refractivity contribution >= 4 is 0 Å². The number of hydrogen-bond donors (Lipinski definition) is 1. The highest BCUT2D eigenvalue weighted by Gasteiger charge is 2.16. The number of benzene rings is 1. The number of oxazole rings is 1. The van der Waals surface area contributed by atoms with Crippen LogP contribution in [0.2, 0.25) is 0 Å². The maximum Gasteiger partial charge on any atom is 0.181 e. The van der Waals surface area contributed by atoms with Crippen molar-refractivity contribution in [1.29, 1.82) is 0 Å². The lowest BCUT2D eigenvalue weighted by atomic mass is 10.1. The first-order valence-corrected chi connectivity index (χ1v) is 6.91. The predicted molar refractivity (Wildman–Crippen MR) is 74.9 cm³/mol. The lowest BCUT2D eigenvalue weighted by molar-refractivity contribution is 0.171. The molecule has 0 aliphatic carbocycles. The van der Waals surface area contributed by atoms with Crippen molar-refractivity contribution in [3.05, 3.63) is 30.3 Å². The molecule has 0 unspecified atom stereocenters. The van der Waals surface area contributed by atoms with E-state index in [1.165, 1.54) is 6.39 Å². The number of rotatable bonds is 5. The van der Waals surface area contributed by atoms with Crippen LogP contribution in [0.4, 0.5) is 0 Å². The molecule has 5 heteroatoms. The fourth-order valence-corrected chi connectivity index (χ4v) is 2.20. The molecule has 0 fully saturated rings. The second-order valence-electron chi connectivity index (χ2n) is 4.66. The number of nitrogens with zero attached hydrogens (tertiary/aromatic N) is 1. The van der Waals surface area contributed by atoms with Crippen molar-refractivity contribution in [2.45, 2.75) is 19.9 Å². The first-order valence-electron chi connectivity index (χ1n) is 6.91. The maximum atomic E-state index is 5.60. The zero-order chi connectivity index (χ0) is 13.8. The predicted octanol–water partition coefficient (Wildman–Crippen LogP) is 2.61. The summed E-state index contributed by atoms with van der Waals surface area (Å²) in [7, 11) is 0. The zero-order valence-corrected chi connectivity index (χ0v) is 11.5. The van der Waals surface area contributed by atoms with Gasteiger partial charge in [-0.3, -0.25) is 0 Å². The van der Waals surface area contributed by atoms with Gasteiger partial charge in [-0.2, -0.15) is 0 Å². The molecule has 3 rings (SSSR count). The van der Waals surface area contributed by atoms with E-state index in [9.17, 15) is 0 Å². The van der Waals surface area contributed by atoms with Crippen LogP contribution < -0.4 is 14.8 Å². The van der Waals surface area contributed by atoms with E-state index in [-0.39, 0.29) is 0 Å². The molecular formula is C15H18N2O3. The molecule has 1 aromatic carbocycles. The molecule has 1 aliphatic rings. The van der Waals surface area contributed by atoms with Gasteiger partial charge in [-0.25, -0.2) is 4.98 Å². The van der Waals surface area contributed by atoms with E-state index in [0.29, 0.717) is 19.8 Å². The quantitative estimate of drug-likeness (QED) is 0.849. The number of fused-ring (bicyclic) bond motifs is 1. The molecule has 0 saturated carbocycles. The largest absolute Gasteiger partial charge is 0.486 e. The Balaban J connectivity index is 1.84. The topological polar surface area (TPSA) is 56.5 Å². The highest BCUT2D eigenvalue weighted by Crippen LogP contribution is 2.35. The van der Waals surface area contributed by atoms with Gasteiger partial charge >= 0.3 is 0 Å². The van der Waals surface area contributed by atoms with Crippen molar-refractivity contribution in [2.24, 2.45) is 0 Å². The highest BCUT2D eigenvalue weighted by atomic mass is 16.6. The summed E-state index contributed by atoms with van der Waals surface area (Å²) in [5.41, 5.74) is 1.87. The van der Waals surface area contributed by atoms with Gasteiger partial charge < -0.3 is 19.2 Å². The zero-order valence-electron chi connectivity index (χ0n) is 11.5. The van der Waals surface area contributed by atoms with E-state index < -0.39 is 0 Å². The first-order chi connectivity index (χ1) is 9.88. The minimum atomic E-state index is 0.581. The van der Waals surface area contributed by atoms with Gasteiger partial charge in [0, 0.05) is 12.1 Å². The SMILES string of the molecule is CCCNCc1ncoc1-c1ccc2c(c1)OCCO2. The van der Waals surface area contributed by atoms with Gasteiger partial charge in [0.2, 0.25) is 0 Å². The fraction of sp³-hybridized carbons (Fsp3) is 0.400. The van der Waals surface area contributed by atoms with Crippen LogP contribution >= 0.6 is 0 Å². The van der Waals surface area contributed by atoms with Crippen molar-refractivity contribution in [1.82, 2.24) is 10.3 Å². The Kier molecular flexibility index (Phi) is 3.87. The van der Waals surface area contributed by atoms with Crippen LogP contribution in [0.15, 0.2) is 29.0 Å². The third-order valence-corrected chi connectivity index (χ3v) is 3.16. The summed E-state index contributed by atoms with van der Waals surface area (Å²) in [6, 6.07) is 5.82. The molecule has 0 spiro atoms. The van der Waals surface area contributed by atoms with Crippen LogP contribution in [-0.4, -0.2) is 24.7 Å². The summed E-state index contributed by atoms with van der Waals surface area (Å²) in [6.45, 7) is 4.98. The standard InChI is InChI=1S/C15H18N2O3/c1-2-5-16-9-12-15(20-10-17-12)11-3-4-13-14(8-11)19-7-6-18-13/h3-4,8,10,16H,2,5-7,9H2,1H3. The second kappa shape index (κ2) is 5.96. The molecule has 1 aliphatic heterocycles. The van der Waals surface area contributed by atoms with Crippen molar-refractivity contribution in [2.75, 3.05) is 19.8 Å². The van der Waals surface area contributed by atoms with Gasteiger partial charge in [-0.1, -0.05) is 6.92 Å². The summed E-state index contributed by atoms with van der Waals surface area (Å²) >= 11 is 0. The fourth-order valence-electron chi connectivity index (χ4n) is 2.20. The Morgan fingerprint density at radius 3 is 2.90 bits per heavy atom. The Hall–Kier alpha value is -2.01. The van der Waals surface area contributed by atoms with Gasteiger partial charge in [0.15, 0.2) is 23.7 Å². The van der Waals surface area contributed by atoms with Crippen LogP contribution in [0.5, 0.6) is 11.5 Å². The molecule has 0 saturated heterocycles. The van der Waals surface area contributed by atoms with E-state index in [1.54, 1.807) is 0 Å². The van der Waals surface area contributed by atoms with E-state index in [0.717, 1.165) is 41.5 Å². The lowest BCUT2D eigenvalue weighted by Crippen LogP contribution is -2.15. The van der Waals surface area contributed by atoms with Crippen molar-refractivity contribution in [3.8, 4) is 22.8 Å². The summed E-state index contributed by atoms with van der Waals surface area (Å²) in [5.74, 6) is 2.33. The molecule has 20 heavy (non-hydrogen) atoms. The van der Waals surface area contributed by atoms with Crippen molar-refractivity contribution in [3.63, 3.8) is 0 Å². The first kappa shape index (κ1) is 13.0. The molecular weight excluding hydrogens is 256 g/mol. The normalized spacial score (nSPS) is 13.4. The number of aromatic nitrogens is 1. The van der Waals surface area contributed by atoms with Crippen LogP contribution in [-0.2, 0) is 6.54 Å². The van der Waals surface area contributed by atoms with E-state index >= 15 is 0 Å². The Bertz CT molecular complexity index is 580. The molecule has 2 heterocycles. The third kappa shape index (κ3) is 2.63. The van der Waals surface area contributed by atoms with Gasteiger partial charge in [-0.05, 0) is 31.2 Å². The lowest BCUT2D eigenvalue weighted by Gasteiger charge is -2.18. The van der Waals surface area contributed by atoms with Crippen molar-refractivity contribution < 1.29 is 13.9 Å². The summed E-state index contributed by atoms with van der Waals surface area (Å²) in [5, 5.41) is 3.33. The minimum Gasteiger partial charge on any atom is -0.486 e. The second-order valence-corrected chi connectivity index (χ2v) is 4.66. The average molecular weight is 274 g/mol. The minimum absolute atomic E-state index is 0.581. The van der Waals surface area contributed by atoms with Crippen LogP contribution in [0.1, 0.15) is 19.0 Å². The van der Waals surface area contributed by atoms with Crippen LogP contribution in [0.25, 0.3) is 11.3 Å². The monoisotopic (exact) mass is 274 g/mol. The maximum absolute atomic E-state index is 5.60. The van der Waals surface area contributed by atoms with Crippen LogP contribution in [0.3, 0.4) is 0 Å². The van der Waals surface area contributed by atoms with E-state index in [4.69, 9.17) is 13.9 Å². The van der Waals surface area contributed by atoms with Gasteiger partial charge in [-0.15, -0.1) is 0 Å². The van der Waals surface area contributed by atoms with E-state index in [1.807, 2.05) is 18.2 Å². The Morgan fingerprint density at radius 2 is 2.05 bits per heavy atom. The van der Waals surface area contributed by atoms with E-state index in [2.05, 4.69) is 17.2 Å². The van der Waals surface area contributed by atoms with Gasteiger partial charge in [0.05, 0.1) is 0 Å². The molecule has 0 radical (unpaired) electrons. The molecule has 2 aromatic rings. The Morgan fingerprint density at radius 1 is 1.20 bits per heavy atom. The Labute approximate surface area is 117 Å². The van der Waals surface area contributed by atoms with Gasteiger partial charge in [0.25, 0.3) is 0 Å². The molecule has 5 nitrogen and oxygen atoms in total. The third-order valence-electron chi connectivity index (χ3n) is 3.16. The highest BCUT2D eigenvalue weighted by molar-refractivity contribution is 5.64. The van der Waals surface area contributed by atoms with Crippen LogP contribution in [0, 0.1) is 0 Å². The molecule has 106 valence electrons. The summed E-state index contributed by atoms with van der Waals surface area (Å²) in [4.78, 5) is 4.28.